The van der Waals surface area contributed by atoms with E-state index in [-0.39, 0.29) is 36.7 Å². The zero-order valence-corrected chi connectivity index (χ0v) is 18.1. The molecule has 0 unspecified atom stereocenters. The molecule has 1 saturated heterocycles. The second-order valence-electron chi connectivity index (χ2n) is 7.39. The number of carbonyl (C=O) groups excluding carboxylic acids is 1. The number of hydrogen-bond donors (Lipinski definition) is 0. The van der Waals surface area contributed by atoms with E-state index in [9.17, 15) is 28.6 Å². The van der Waals surface area contributed by atoms with Gasteiger partial charge in [-0.15, -0.1) is 0 Å². The third kappa shape index (κ3) is 5.04. The Morgan fingerprint density at radius 3 is 2.44 bits per heavy atom. The first kappa shape index (κ1) is 23.2. The number of carbonyl (C=O) groups is 1. The monoisotopic (exact) mass is 458 g/mol. The molecule has 2 atom stereocenters. The predicted molar refractivity (Wildman–Crippen MR) is 114 cm³/mol. The van der Waals surface area contributed by atoms with E-state index in [1.54, 1.807) is 6.92 Å². The summed E-state index contributed by atoms with van der Waals surface area (Å²) in [6.45, 7) is 1.66. The zero-order valence-electron chi connectivity index (χ0n) is 17.3. The van der Waals surface area contributed by atoms with Gasteiger partial charge in [0.15, 0.2) is 0 Å². The third-order valence-electron chi connectivity index (χ3n) is 5.18. The Morgan fingerprint density at radius 1 is 1.19 bits per heavy atom. The number of nitro benzene ring substituents is 1. The molecule has 0 spiro atoms. The first-order chi connectivity index (χ1) is 15.2. The van der Waals surface area contributed by atoms with Crippen LogP contribution in [0.3, 0.4) is 0 Å². The van der Waals surface area contributed by atoms with Crippen LogP contribution in [0.1, 0.15) is 18.9 Å². The lowest BCUT2D eigenvalue weighted by Crippen LogP contribution is -2.60. The molecule has 10 nitrogen and oxygen atoms in total. The maximum Gasteiger partial charge on any atom is 0.410 e. The molecular weight excluding hydrogens is 436 g/mol. The molecule has 11 heteroatoms. The molecule has 0 aromatic heterocycles. The molecule has 2 aromatic carbocycles. The number of amides is 1. The largest absolute Gasteiger partial charge is 0.445 e. The fourth-order valence-electron chi connectivity index (χ4n) is 3.62. The minimum absolute atomic E-state index is 0.00167. The van der Waals surface area contributed by atoms with Crippen molar-refractivity contribution in [2.75, 3.05) is 13.1 Å². The van der Waals surface area contributed by atoms with Crippen LogP contribution in [0.15, 0.2) is 59.5 Å². The van der Waals surface area contributed by atoms with Crippen molar-refractivity contribution in [2.45, 2.75) is 36.9 Å². The van der Waals surface area contributed by atoms with Gasteiger partial charge in [0.25, 0.3) is 5.69 Å². The zero-order chi connectivity index (χ0) is 23.3. The van der Waals surface area contributed by atoms with Gasteiger partial charge in [0.05, 0.1) is 28.4 Å². The average molecular weight is 458 g/mol. The van der Waals surface area contributed by atoms with E-state index in [0.717, 1.165) is 17.7 Å². The fourth-order valence-corrected chi connectivity index (χ4v) is 5.17. The van der Waals surface area contributed by atoms with Crippen LogP contribution in [-0.4, -0.2) is 53.8 Å². The van der Waals surface area contributed by atoms with Crippen LogP contribution in [0.25, 0.3) is 0 Å². The van der Waals surface area contributed by atoms with Crippen LogP contribution >= 0.6 is 0 Å². The number of rotatable bonds is 6. The van der Waals surface area contributed by atoms with Crippen LogP contribution < -0.4 is 0 Å². The van der Waals surface area contributed by atoms with E-state index in [0.29, 0.717) is 0 Å². The lowest BCUT2D eigenvalue weighted by atomic mass is 10.1. The smallest absolute Gasteiger partial charge is 0.410 e. The summed E-state index contributed by atoms with van der Waals surface area (Å²) in [7, 11) is -3.97. The van der Waals surface area contributed by atoms with Crippen molar-refractivity contribution in [1.82, 2.24) is 9.21 Å². The fraction of sp³-hybridized carbons (Fsp3) is 0.333. The SMILES string of the molecule is C[C@H]1CN(S(=O)(=O)c2ccc([N+](=O)[O-])cc2)C[C@H](CC#N)N1C(=O)OCc1ccccc1. The Morgan fingerprint density at radius 2 is 1.84 bits per heavy atom. The molecule has 1 fully saturated rings. The Labute approximate surface area is 185 Å². The van der Waals surface area contributed by atoms with Crippen molar-refractivity contribution >= 4 is 21.8 Å². The molecule has 2 aromatic rings. The van der Waals surface area contributed by atoms with Crippen molar-refractivity contribution in [3.63, 3.8) is 0 Å². The Balaban J connectivity index is 1.76. The van der Waals surface area contributed by atoms with Gasteiger partial charge in [-0.2, -0.15) is 9.57 Å². The third-order valence-corrected chi connectivity index (χ3v) is 7.02. The molecule has 0 radical (unpaired) electrons. The van der Waals surface area contributed by atoms with Crippen molar-refractivity contribution in [3.05, 3.63) is 70.3 Å². The summed E-state index contributed by atoms with van der Waals surface area (Å²) in [5.74, 6) is 0. The molecule has 0 aliphatic carbocycles. The molecule has 0 saturated carbocycles. The number of piperazine rings is 1. The lowest BCUT2D eigenvalue weighted by molar-refractivity contribution is -0.384. The summed E-state index contributed by atoms with van der Waals surface area (Å²) < 4.78 is 32.8. The van der Waals surface area contributed by atoms with Crippen LogP contribution in [0.4, 0.5) is 10.5 Å². The summed E-state index contributed by atoms with van der Waals surface area (Å²) >= 11 is 0. The minimum atomic E-state index is -3.97. The second-order valence-corrected chi connectivity index (χ2v) is 9.32. The van der Waals surface area contributed by atoms with Crippen LogP contribution in [-0.2, 0) is 21.4 Å². The van der Waals surface area contributed by atoms with Gasteiger partial charge in [0.1, 0.15) is 6.61 Å². The van der Waals surface area contributed by atoms with Crippen LogP contribution in [0, 0.1) is 21.4 Å². The van der Waals surface area contributed by atoms with Gasteiger partial charge in [-0.1, -0.05) is 30.3 Å². The number of benzene rings is 2. The highest BCUT2D eigenvalue weighted by Crippen LogP contribution is 2.26. The van der Waals surface area contributed by atoms with Gasteiger partial charge in [-0.25, -0.2) is 13.2 Å². The number of ether oxygens (including phenoxy) is 1. The summed E-state index contributed by atoms with van der Waals surface area (Å²) in [6, 6.07) is 14.5. The maximum atomic E-state index is 13.1. The van der Waals surface area contributed by atoms with Gasteiger partial charge in [-0.3, -0.25) is 15.0 Å². The molecular formula is C21H22N4O6S. The number of nitro groups is 1. The van der Waals surface area contributed by atoms with E-state index < -0.39 is 33.1 Å². The topological polar surface area (TPSA) is 134 Å². The van der Waals surface area contributed by atoms with Crippen molar-refractivity contribution in [2.24, 2.45) is 0 Å². The Kier molecular flexibility index (Phi) is 7.07. The maximum absolute atomic E-state index is 13.1. The van der Waals surface area contributed by atoms with Crippen LogP contribution in [0.2, 0.25) is 0 Å². The first-order valence-corrected chi connectivity index (χ1v) is 11.3. The van der Waals surface area contributed by atoms with Crippen molar-refractivity contribution in [3.8, 4) is 6.07 Å². The van der Waals surface area contributed by atoms with Gasteiger partial charge in [0, 0.05) is 31.3 Å². The molecule has 32 heavy (non-hydrogen) atoms. The van der Waals surface area contributed by atoms with E-state index in [1.807, 2.05) is 36.4 Å². The Hall–Kier alpha value is -3.49. The van der Waals surface area contributed by atoms with Gasteiger partial charge >= 0.3 is 6.09 Å². The second kappa shape index (κ2) is 9.76. The summed E-state index contributed by atoms with van der Waals surface area (Å²) in [4.78, 5) is 24.3. The van der Waals surface area contributed by atoms with Gasteiger partial charge in [-0.05, 0) is 24.6 Å². The predicted octanol–water partition coefficient (Wildman–Crippen LogP) is 2.91. The molecule has 0 N–H and O–H groups in total. The number of sulfonamides is 1. The van der Waals surface area contributed by atoms with E-state index in [4.69, 9.17) is 4.74 Å². The summed E-state index contributed by atoms with van der Waals surface area (Å²) in [5.41, 5.74) is 0.593. The number of non-ortho nitro benzene ring substituents is 1. The van der Waals surface area contributed by atoms with Gasteiger partial charge < -0.3 is 4.74 Å². The molecule has 1 aliphatic heterocycles. The quantitative estimate of drug-likeness (QED) is 0.480. The van der Waals surface area contributed by atoms with Crippen molar-refractivity contribution in [1.29, 1.82) is 5.26 Å². The summed E-state index contributed by atoms with van der Waals surface area (Å²) in [5, 5.41) is 20.1. The highest BCUT2D eigenvalue weighted by molar-refractivity contribution is 7.89. The molecule has 1 heterocycles. The minimum Gasteiger partial charge on any atom is -0.445 e. The van der Waals surface area contributed by atoms with E-state index in [2.05, 4.69) is 0 Å². The van der Waals surface area contributed by atoms with E-state index in [1.165, 1.54) is 21.3 Å². The Bertz CT molecular complexity index is 1120. The summed E-state index contributed by atoms with van der Waals surface area (Å²) in [6.07, 6.45) is -0.689. The number of nitrogens with zero attached hydrogens (tertiary/aromatic N) is 4. The molecule has 1 aliphatic rings. The lowest BCUT2D eigenvalue weighted by Gasteiger charge is -2.43. The van der Waals surface area contributed by atoms with Gasteiger partial charge in [0.2, 0.25) is 10.0 Å². The first-order valence-electron chi connectivity index (χ1n) is 9.84. The highest BCUT2D eigenvalue weighted by atomic mass is 32.2. The molecule has 3 rings (SSSR count). The number of hydrogen-bond acceptors (Lipinski definition) is 7. The standard InChI is InChI=1S/C21H22N4O6S/c1-16-13-23(32(29,30)20-9-7-18(8-10-20)25(27)28)14-19(11-12-22)24(16)21(26)31-15-17-5-3-2-4-6-17/h2-10,16,19H,11,13-15H2,1H3/t16-,19-/m0/s1. The molecule has 0 bridgehead atoms. The van der Waals surface area contributed by atoms with E-state index >= 15 is 0 Å². The normalized spacial score (nSPS) is 19.2. The average Bonchev–Trinajstić information content (AvgIpc) is 2.78. The highest BCUT2D eigenvalue weighted by Gasteiger charge is 2.41. The number of nitriles is 1. The molecule has 168 valence electrons. The van der Waals surface area contributed by atoms with Crippen LogP contribution in [0.5, 0.6) is 0 Å². The van der Waals surface area contributed by atoms with Crippen molar-refractivity contribution < 1.29 is 22.9 Å². The molecule has 1 amide bonds.